The Balaban J connectivity index is 2.14. The molecule has 3 rings (SSSR count). The third-order valence-corrected chi connectivity index (χ3v) is 7.03. The van der Waals surface area contributed by atoms with Crippen LogP contribution in [-0.2, 0) is 11.1 Å². The molecule has 0 aliphatic heterocycles. The molecule has 0 saturated heterocycles. The summed E-state index contributed by atoms with van der Waals surface area (Å²) in [5.41, 5.74) is 8.16. The fourth-order valence-corrected chi connectivity index (χ4v) is 4.99. The van der Waals surface area contributed by atoms with Crippen LogP contribution in [0.25, 0.3) is 10.6 Å². The maximum atomic E-state index is 13.3. The largest absolute Gasteiger partial charge is 0.501 e. The SMILES string of the molecule is COPc1cc(NSC)ccc1[NH+]=C(N)c1c(O)c(-c2cccs2)[nH+]n(CCC(C)C)c1=O. The average molecular weight is 508 g/mol. The standard InChI is InChI=1S/C22H28N5O3PS2/c1-13(2)9-10-27-22(29)18(20(28)19(25-27)17-6-5-11-33-17)21(23)24-15-8-7-14(26-32-4)12-16(15)31-30-3/h5-8,11-13,26,28,31H,9-10H2,1-4H3,(H2,23,24)/p+2. The smallest absolute Gasteiger partial charge is 0.320 e. The molecule has 11 heteroatoms. The van der Waals surface area contributed by atoms with Crippen molar-refractivity contribution in [2.75, 3.05) is 18.1 Å². The Morgan fingerprint density at radius 2 is 2.21 bits per heavy atom. The minimum Gasteiger partial charge on any atom is -0.501 e. The minimum atomic E-state index is -0.380. The Bertz CT molecular complexity index is 1180. The number of nitrogen functional groups attached to an aromatic ring is 1. The summed E-state index contributed by atoms with van der Waals surface area (Å²) in [6.45, 7) is 4.69. The molecule has 0 aliphatic rings. The first-order chi connectivity index (χ1) is 15.8. The number of aryl methyl sites for hydroxylation is 1. The number of H-pyrrole nitrogens is 1. The van der Waals surface area contributed by atoms with E-state index in [1.165, 1.54) is 28.0 Å². The first-order valence-corrected chi connectivity index (χ1v) is 13.4. The van der Waals surface area contributed by atoms with E-state index in [-0.39, 0.29) is 31.5 Å². The van der Waals surface area contributed by atoms with Crippen LogP contribution in [0.15, 0.2) is 40.5 Å². The molecule has 6 N–H and O–H groups in total. The zero-order valence-corrected chi connectivity index (χ0v) is 21.7. The van der Waals surface area contributed by atoms with Gasteiger partial charge in [-0.25, -0.2) is 4.99 Å². The number of aromatic hydroxyl groups is 1. The lowest BCUT2D eigenvalue weighted by atomic mass is 10.1. The van der Waals surface area contributed by atoms with Gasteiger partial charge in [0.05, 0.1) is 6.54 Å². The Morgan fingerprint density at radius 3 is 2.85 bits per heavy atom. The van der Waals surface area contributed by atoms with E-state index in [4.69, 9.17) is 10.3 Å². The molecule has 0 spiro atoms. The second-order valence-electron chi connectivity index (χ2n) is 7.74. The number of aromatic nitrogens is 2. The van der Waals surface area contributed by atoms with Gasteiger partial charge in [0.2, 0.25) is 5.75 Å². The van der Waals surface area contributed by atoms with Crippen molar-refractivity contribution < 1.29 is 19.7 Å². The predicted octanol–water partition coefficient (Wildman–Crippen LogP) is 1.82. The van der Waals surface area contributed by atoms with Crippen molar-refractivity contribution >= 4 is 54.6 Å². The summed E-state index contributed by atoms with van der Waals surface area (Å²) in [5, 5.41) is 17.0. The highest BCUT2D eigenvalue weighted by atomic mass is 32.2. The number of amidine groups is 1. The van der Waals surface area contributed by atoms with Crippen LogP contribution in [0.1, 0.15) is 25.8 Å². The zero-order valence-electron chi connectivity index (χ0n) is 19.1. The number of hydrogen-bond donors (Lipinski definition) is 4. The first-order valence-electron chi connectivity index (χ1n) is 10.4. The van der Waals surface area contributed by atoms with Crippen molar-refractivity contribution in [3.63, 3.8) is 0 Å². The normalized spacial score (nSPS) is 12.2. The molecule has 3 aromatic rings. The van der Waals surface area contributed by atoms with Crippen LogP contribution in [0, 0.1) is 5.92 Å². The lowest BCUT2D eigenvalue weighted by Gasteiger charge is -2.09. The molecule has 1 atom stereocenters. The molecule has 8 nitrogen and oxygen atoms in total. The Hall–Kier alpha value is -2.39. The van der Waals surface area contributed by atoms with Gasteiger partial charge < -0.3 is 14.4 Å². The maximum absolute atomic E-state index is 13.3. The van der Waals surface area contributed by atoms with Crippen LogP contribution in [0.4, 0.5) is 11.4 Å². The monoisotopic (exact) mass is 507 g/mol. The fraction of sp³-hybridized carbons (Fsp3) is 0.318. The first kappa shape index (κ1) is 25.2. The summed E-state index contributed by atoms with van der Waals surface area (Å²) in [4.78, 5) is 17.2. The molecule has 0 fully saturated rings. The number of thiophene rings is 1. The van der Waals surface area contributed by atoms with Gasteiger partial charge in [-0.05, 0) is 42.0 Å². The van der Waals surface area contributed by atoms with Gasteiger partial charge in [0.15, 0.2) is 5.56 Å². The van der Waals surface area contributed by atoms with Crippen molar-refractivity contribution in [2.24, 2.45) is 11.7 Å². The lowest BCUT2D eigenvalue weighted by molar-refractivity contribution is -0.487. The number of benzene rings is 1. The summed E-state index contributed by atoms with van der Waals surface area (Å²) in [7, 11) is 1.71. The second-order valence-corrected chi connectivity index (χ2v) is 10.4. The number of nitrogens with two attached hydrogens (primary N) is 1. The van der Waals surface area contributed by atoms with Crippen molar-refractivity contribution in [3.8, 4) is 16.3 Å². The highest BCUT2D eigenvalue weighted by Gasteiger charge is 2.29. The van der Waals surface area contributed by atoms with Gasteiger partial charge in [-0.1, -0.05) is 31.9 Å². The van der Waals surface area contributed by atoms with Crippen molar-refractivity contribution in [1.82, 2.24) is 4.68 Å². The molecule has 0 amide bonds. The van der Waals surface area contributed by atoms with E-state index in [9.17, 15) is 9.90 Å². The molecular weight excluding hydrogens is 477 g/mol. The molecule has 0 radical (unpaired) electrons. The Labute approximate surface area is 203 Å². The summed E-state index contributed by atoms with van der Waals surface area (Å²) >= 11 is 2.96. The second kappa shape index (κ2) is 11.7. The van der Waals surface area contributed by atoms with E-state index in [2.05, 4.69) is 28.7 Å². The molecular formula is C22H30N5O3PS2+2. The van der Waals surface area contributed by atoms with E-state index in [0.717, 1.165) is 22.3 Å². The van der Waals surface area contributed by atoms with Crippen LogP contribution >= 0.6 is 32.1 Å². The van der Waals surface area contributed by atoms with E-state index in [0.29, 0.717) is 23.8 Å². The molecule has 0 bridgehead atoms. The van der Waals surface area contributed by atoms with Crippen LogP contribution < -0.4 is 31.4 Å². The summed E-state index contributed by atoms with van der Waals surface area (Å²) in [5.74, 6) is 0.318. The van der Waals surface area contributed by atoms with Crippen molar-refractivity contribution in [3.05, 3.63) is 51.6 Å². The van der Waals surface area contributed by atoms with Gasteiger partial charge in [-0.3, -0.25) is 10.5 Å². The van der Waals surface area contributed by atoms with Crippen LogP contribution in [-0.4, -0.2) is 29.0 Å². The van der Waals surface area contributed by atoms with E-state index >= 15 is 0 Å². The Morgan fingerprint density at radius 1 is 1.42 bits per heavy atom. The molecule has 1 unspecified atom stereocenters. The molecule has 1 aromatic carbocycles. The van der Waals surface area contributed by atoms with Gasteiger partial charge in [0, 0.05) is 33.2 Å². The molecule has 2 heterocycles. The highest BCUT2D eigenvalue weighted by Crippen LogP contribution is 2.29. The van der Waals surface area contributed by atoms with Crippen molar-refractivity contribution in [1.29, 1.82) is 0 Å². The average Bonchev–Trinajstić information content (AvgIpc) is 3.30. The number of nitrogens with one attached hydrogen (secondary N) is 3. The van der Waals surface area contributed by atoms with Gasteiger partial charge in [0.25, 0.3) is 11.5 Å². The van der Waals surface area contributed by atoms with Crippen LogP contribution in [0.3, 0.4) is 0 Å². The van der Waals surface area contributed by atoms with Crippen LogP contribution in [0.2, 0.25) is 0 Å². The third kappa shape index (κ3) is 6.14. The molecule has 2 aromatic heterocycles. The molecule has 33 heavy (non-hydrogen) atoms. The Kier molecular flexibility index (Phi) is 8.91. The fourth-order valence-electron chi connectivity index (χ4n) is 3.22. The number of hydrogen-bond acceptors (Lipinski definition) is 6. The maximum Gasteiger partial charge on any atom is 0.320 e. The molecule has 176 valence electrons. The van der Waals surface area contributed by atoms with Gasteiger partial charge >= 0.3 is 5.56 Å². The highest BCUT2D eigenvalue weighted by molar-refractivity contribution is 7.99. The number of anilines is 1. The van der Waals surface area contributed by atoms with Gasteiger partial charge in [-0.2, -0.15) is 0 Å². The van der Waals surface area contributed by atoms with E-state index < -0.39 is 0 Å². The third-order valence-electron chi connectivity index (χ3n) is 4.87. The minimum absolute atomic E-state index is 0.0407. The summed E-state index contributed by atoms with van der Waals surface area (Å²) < 4.78 is 10.1. The number of nitrogens with zero attached hydrogens (tertiary/aromatic N) is 1. The summed E-state index contributed by atoms with van der Waals surface area (Å²) in [6, 6.07) is 9.52. The summed E-state index contributed by atoms with van der Waals surface area (Å²) in [6.07, 6.45) is 2.75. The quantitative estimate of drug-likeness (QED) is 0.144. The topological polar surface area (TPSA) is 118 Å². The van der Waals surface area contributed by atoms with E-state index in [1.54, 1.807) is 7.11 Å². The van der Waals surface area contributed by atoms with Crippen LogP contribution in [0.5, 0.6) is 5.75 Å². The van der Waals surface area contributed by atoms with Crippen molar-refractivity contribution in [2.45, 2.75) is 26.8 Å². The molecule has 0 aliphatic carbocycles. The lowest BCUT2D eigenvalue weighted by Crippen LogP contribution is -2.72. The van der Waals surface area contributed by atoms with Gasteiger partial charge in [0.1, 0.15) is 10.6 Å². The number of rotatable bonds is 10. The van der Waals surface area contributed by atoms with Gasteiger partial charge in [-0.15, -0.1) is 21.1 Å². The zero-order chi connectivity index (χ0) is 24.0. The number of aromatic amines is 1. The molecule has 0 saturated carbocycles. The predicted molar refractivity (Wildman–Crippen MR) is 139 cm³/mol. The van der Waals surface area contributed by atoms with E-state index in [1.807, 2.05) is 42.0 Å².